The standard InChI is InChI=1S/C8H18N2O/c1-4-8(11)9-6-5-7-10(2)3/h4,8-9,11H,1,5-7H2,2-3H3/p+1. The normalized spacial score (nSPS) is 13.5. The van der Waals surface area contributed by atoms with Gasteiger partial charge in [-0.2, -0.15) is 0 Å². The lowest BCUT2D eigenvalue weighted by molar-refractivity contribution is -0.858. The number of nitrogens with one attached hydrogen (secondary N) is 2. The quantitative estimate of drug-likeness (QED) is 0.254. The second-order valence-corrected chi connectivity index (χ2v) is 2.95. The fourth-order valence-corrected chi connectivity index (χ4v) is 0.775. The van der Waals surface area contributed by atoms with E-state index in [2.05, 4.69) is 26.0 Å². The maximum atomic E-state index is 8.99. The van der Waals surface area contributed by atoms with E-state index in [1.54, 1.807) is 0 Å². The van der Waals surface area contributed by atoms with Gasteiger partial charge in [-0.15, -0.1) is 0 Å². The second-order valence-electron chi connectivity index (χ2n) is 2.95. The summed E-state index contributed by atoms with van der Waals surface area (Å²) in [5, 5.41) is 11.9. The summed E-state index contributed by atoms with van der Waals surface area (Å²) in [6.07, 6.45) is 2.02. The van der Waals surface area contributed by atoms with Gasteiger partial charge in [0.05, 0.1) is 20.6 Å². The minimum absolute atomic E-state index is 0.549. The Bertz CT molecular complexity index is 104. The zero-order valence-electron chi connectivity index (χ0n) is 7.43. The van der Waals surface area contributed by atoms with Crippen LogP contribution in [0.5, 0.6) is 0 Å². The third-order valence-corrected chi connectivity index (χ3v) is 1.43. The highest BCUT2D eigenvalue weighted by atomic mass is 16.3. The molecule has 0 spiro atoms. The number of aliphatic hydroxyl groups excluding tert-OH is 1. The predicted octanol–water partition coefficient (Wildman–Crippen LogP) is -1.38. The molecule has 0 amide bonds. The minimum Gasteiger partial charge on any atom is -0.375 e. The molecule has 3 nitrogen and oxygen atoms in total. The molecule has 11 heavy (non-hydrogen) atoms. The fourth-order valence-electron chi connectivity index (χ4n) is 0.775. The highest BCUT2D eigenvalue weighted by Gasteiger charge is 1.96. The molecule has 0 aromatic heterocycles. The average molecular weight is 159 g/mol. The van der Waals surface area contributed by atoms with Crippen LogP contribution in [0, 0.1) is 0 Å². The zero-order valence-corrected chi connectivity index (χ0v) is 7.43. The Hall–Kier alpha value is -0.380. The summed E-state index contributed by atoms with van der Waals surface area (Å²) in [6, 6.07) is 0. The fraction of sp³-hybridized carbons (Fsp3) is 0.750. The Balaban J connectivity index is 3.07. The van der Waals surface area contributed by atoms with Crippen LogP contribution in [-0.2, 0) is 0 Å². The summed E-state index contributed by atoms with van der Waals surface area (Å²) in [4.78, 5) is 1.43. The first kappa shape index (κ1) is 10.6. The summed E-state index contributed by atoms with van der Waals surface area (Å²) >= 11 is 0. The van der Waals surface area contributed by atoms with Crippen LogP contribution in [0.15, 0.2) is 12.7 Å². The van der Waals surface area contributed by atoms with Crippen molar-refractivity contribution in [2.45, 2.75) is 12.6 Å². The van der Waals surface area contributed by atoms with E-state index in [4.69, 9.17) is 5.11 Å². The molecule has 0 rings (SSSR count). The molecular weight excluding hydrogens is 140 g/mol. The predicted molar refractivity (Wildman–Crippen MR) is 46.5 cm³/mol. The molecule has 0 aliphatic rings. The Morgan fingerprint density at radius 2 is 2.27 bits per heavy atom. The molecule has 0 aromatic carbocycles. The third kappa shape index (κ3) is 7.52. The molecule has 0 bridgehead atoms. The van der Waals surface area contributed by atoms with E-state index in [-0.39, 0.29) is 0 Å². The SMILES string of the molecule is C=CC(O)NCCC[NH+](C)C. The lowest BCUT2D eigenvalue weighted by atomic mass is 10.4. The van der Waals surface area contributed by atoms with Crippen molar-refractivity contribution in [1.29, 1.82) is 0 Å². The highest BCUT2D eigenvalue weighted by molar-refractivity contribution is 4.75. The molecule has 0 saturated heterocycles. The molecule has 0 aliphatic heterocycles. The van der Waals surface area contributed by atoms with Gasteiger partial charge in [0, 0.05) is 13.0 Å². The van der Waals surface area contributed by atoms with Crippen LogP contribution in [0.4, 0.5) is 0 Å². The molecule has 3 heteroatoms. The molecule has 0 aromatic rings. The van der Waals surface area contributed by atoms with Gasteiger partial charge in [-0.25, -0.2) is 0 Å². The minimum atomic E-state index is -0.549. The lowest BCUT2D eigenvalue weighted by Gasteiger charge is -2.09. The molecule has 1 atom stereocenters. The Kier molecular flexibility index (Phi) is 6.12. The lowest BCUT2D eigenvalue weighted by Crippen LogP contribution is -3.05. The summed E-state index contributed by atoms with van der Waals surface area (Å²) in [5.74, 6) is 0. The second kappa shape index (κ2) is 6.34. The van der Waals surface area contributed by atoms with Crippen LogP contribution in [0.3, 0.4) is 0 Å². The molecule has 0 heterocycles. The van der Waals surface area contributed by atoms with Crippen molar-refractivity contribution in [3.8, 4) is 0 Å². The first-order valence-electron chi connectivity index (χ1n) is 4.00. The highest BCUT2D eigenvalue weighted by Crippen LogP contribution is 1.77. The van der Waals surface area contributed by atoms with Gasteiger partial charge >= 0.3 is 0 Å². The maximum absolute atomic E-state index is 8.99. The largest absolute Gasteiger partial charge is 0.375 e. The molecule has 0 fully saturated rings. The zero-order chi connectivity index (χ0) is 8.69. The molecule has 1 unspecified atom stereocenters. The van der Waals surface area contributed by atoms with E-state index in [9.17, 15) is 0 Å². The van der Waals surface area contributed by atoms with Crippen molar-refractivity contribution in [3.63, 3.8) is 0 Å². The van der Waals surface area contributed by atoms with Crippen LogP contribution in [0.1, 0.15) is 6.42 Å². The van der Waals surface area contributed by atoms with Crippen molar-refractivity contribution in [2.24, 2.45) is 0 Å². The van der Waals surface area contributed by atoms with Crippen LogP contribution in [0.2, 0.25) is 0 Å². The number of rotatable bonds is 6. The molecular formula is C8H19N2O+. The van der Waals surface area contributed by atoms with Crippen molar-refractivity contribution < 1.29 is 10.0 Å². The first-order valence-corrected chi connectivity index (χ1v) is 4.00. The number of hydrogen-bond acceptors (Lipinski definition) is 2. The van der Waals surface area contributed by atoms with E-state index >= 15 is 0 Å². The molecule has 66 valence electrons. The van der Waals surface area contributed by atoms with Crippen LogP contribution in [-0.4, -0.2) is 38.5 Å². The first-order chi connectivity index (χ1) is 5.16. The van der Waals surface area contributed by atoms with Crippen molar-refractivity contribution >= 4 is 0 Å². The molecule has 3 N–H and O–H groups in total. The van der Waals surface area contributed by atoms with Gasteiger partial charge in [-0.05, 0) is 6.08 Å². The summed E-state index contributed by atoms with van der Waals surface area (Å²) in [6.45, 7) is 5.42. The van der Waals surface area contributed by atoms with E-state index in [0.29, 0.717) is 0 Å². The van der Waals surface area contributed by atoms with Gasteiger partial charge in [-0.3, -0.25) is 5.32 Å². The van der Waals surface area contributed by atoms with Gasteiger partial charge in [-0.1, -0.05) is 6.58 Å². The number of quaternary nitrogens is 1. The van der Waals surface area contributed by atoms with Gasteiger partial charge in [0.2, 0.25) is 0 Å². The molecule has 0 aliphatic carbocycles. The van der Waals surface area contributed by atoms with Gasteiger partial charge in [0.15, 0.2) is 0 Å². The Morgan fingerprint density at radius 3 is 2.73 bits per heavy atom. The monoisotopic (exact) mass is 159 g/mol. The van der Waals surface area contributed by atoms with Crippen molar-refractivity contribution in [3.05, 3.63) is 12.7 Å². The van der Waals surface area contributed by atoms with Gasteiger partial charge in [0.25, 0.3) is 0 Å². The van der Waals surface area contributed by atoms with E-state index in [1.807, 2.05) is 0 Å². The van der Waals surface area contributed by atoms with E-state index in [1.165, 1.54) is 11.0 Å². The van der Waals surface area contributed by atoms with Crippen LogP contribution in [0.25, 0.3) is 0 Å². The van der Waals surface area contributed by atoms with Crippen LogP contribution < -0.4 is 10.2 Å². The Labute approximate surface area is 68.7 Å². The summed E-state index contributed by atoms with van der Waals surface area (Å²) in [7, 11) is 4.23. The van der Waals surface area contributed by atoms with E-state index < -0.39 is 6.23 Å². The Morgan fingerprint density at radius 1 is 1.64 bits per heavy atom. The smallest absolute Gasteiger partial charge is 0.123 e. The van der Waals surface area contributed by atoms with Crippen molar-refractivity contribution in [1.82, 2.24) is 5.32 Å². The topological polar surface area (TPSA) is 36.7 Å². The number of hydrogen-bond donors (Lipinski definition) is 3. The molecule has 0 saturated carbocycles. The van der Waals surface area contributed by atoms with Gasteiger partial charge in [0.1, 0.15) is 6.23 Å². The summed E-state index contributed by atoms with van der Waals surface area (Å²) in [5.41, 5.74) is 0. The summed E-state index contributed by atoms with van der Waals surface area (Å²) < 4.78 is 0. The van der Waals surface area contributed by atoms with Crippen LogP contribution >= 0.6 is 0 Å². The van der Waals surface area contributed by atoms with Crippen molar-refractivity contribution in [2.75, 3.05) is 27.2 Å². The van der Waals surface area contributed by atoms with Gasteiger partial charge < -0.3 is 10.0 Å². The maximum Gasteiger partial charge on any atom is 0.123 e. The average Bonchev–Trinajstić information content (AvgIpc) is 1.97. The third-order valence-electron chi connectivity index (χ3n) is 1.43. The number of aliphatic hydroxyl groups is 1. The van der Waals surface area contributed by atoms with E-state index in [0.717, 1.165) is 19.5 Å². The molecule has 0 radical (unpaired) electrons.